The van der Waals surface area contributed by atoms with Crippen molar-refractivity contribution in [1.29, 1.82) is 0 Å². The third kappa shape index (κ3) is 2.85. The van der Waals surface area contributed by atoms with Crippen molar-refractivity contribution < 1.29 is 18.3 Å². The summed E-state index contributed by atoms with van der Waals surface area (Å²) in [5, 5.41) is 14.1. The number of carbonyl (C=O) groups is 1. The molecule has 0 bridgehead atoms. The fraction of sp³-hybridized carbons (Fsp3) is 0.556. The van der Waals surface area contributed by atoms with E-state index in [9.17, 15) is 13.2 Å². The number of carboxylic acid groups (broad SMARTS) is 1. The van der Waals surface area contributed by atoms with E-state index in [0.29, 0.717) is 12.5 Å². The van der Waals surface area contributed by atoms with Gasteiger partial charge in [0.05, 0.1) is 6.20 Å². The molecular weight excluding hydrogens is 278 g/mol. The van der Waals surface area contributed by atoms with Crippen LogP contribution in [-0.2, 0) is 10.0 Å². The second-order valence-corrected chi connectivity index (χ2v) is 6.85. The Bertz CT molecular complexity index is 534. The fourth-order valence-electron chi connectivity index (χ4n) is 1.68. The van der Waals surface area contributed by atoms with Crippen molar-refractivity contribution in [3.8, 4) is 0 Å². The molecule has 1 fully saturated rings. The van der Waals surface area contributed by atoms with Gasteiger partial charge in [-0.1, -0.05) is 0 Å². The monoisotopic (exact) mass is 291 g/mol. The van der Waals surface area contributed by atoms with Gasteiger partial charge < -0.3 is 5.11 Å². The number of aromatic carboxylic acids is 1. The van der Waals surface area contributed by atoms with E-state index in [2.05, 4.69) is 14.9 Å². The lowest BCUT2D eigenvalue weighted by molar-refractivity contribution is 0.0692. The van der Waals surface area contributed by atoms with Gasteiger partial charge in [0.15, 0.2) is 5.03 Å². The molecule has 0 spiro atoms. The molecule has 1 aliphatic rings. The molecule has 0 radical (unpaired) electrons. The molecule has 1 unspecified atom stereocenters. The lowest BCUT2D eigenvalue weighted by atomic mass is 10.1. The number of aromatic nitrogens is 2. The predicted molar refractivity (Wildman–Crippen MR) is 66.2 cm³/mol. The third-order valence-electron chi connectivity index (χ3n) is 2.69. The van der Waals surface area contributed by atoms with E-state index in [1.807, 2.05) is 0 Å². The van der Waals surface area contributed by atoms with Crippen molar-refractivity contribution >= 4 is 27.8 Å². The van der Waals surface area contributed by atoms with E-state index >= 15 is 0 Å². The molecule has 0 amide bonds. The average Bonchev–Trinajstić information content (AvgIpc) is 2.98. The number of H-pyrrole nitrogens is 1. The maximum atomic E-state index is 11.9. The number of hydrogen-bond donors (Lipinski definition) is 3. The van der Waals surface area contributed by atoms with Crippen molar-refractivity contribution in [3.63, 3.8) is 0 Å². The van der Waals surface area contributed by atoms with Crippen molar-refractivity contribution in [2.75, 3.05) is 18.1 Å². The number of hydrogen-bond acceptors (Lipinski definition) is 5. The first kappa shape index (κ1) is 13.4. The number of aromatic amines is 1. The van der Waals surface area contributed by atoms with E-state index in [0.717, 1.165) is 24.1 Å². The van der Waals surface area contributed by atoms with Crippen LogP contribution in [0.25, 0.3) is 0 Å². The van der Waals surface area contributed by atoms with Gasteiger partial charge in [-0.2, -0.15) is 16.9 Å². The summed E-state index contributed by atoms with van der Waals surface area (Å²) in [7, 11) is -3.84. The zero-order valence-electron chi connectivity index (χ0n) is 9.42. The highest BCUT2D eigenvalue weighted by Crippen LogP contribution is 2.23. The van der Waals surface area contributed by atoms with E-state index in [1.54, 1.807) is 11.8 Å². The minimum absolute atomic E-state index is 0.306. The Morgan fingerprint density at radius 3 is 3.06 bits per heavy atom. The van der Waals surface area contributed by atoms with Crippen LogP contribution < -0.4 is 4.72 Å². The van der Waals surface area contributed by atoms with Gasteiger partial charge in [0.25, 0.3) is 10.0 Å². The molecule has 1 aromatic rings. The molecular formula is C9H13N3O4S2. The lowest BCUT2D eigenvalue weighted by Crippen LogP contribution is -2.30. The van der Waals surface area contributed by atoms with Crippen LogP contribution in [-0.4, -0.2) is 47.7 Å². The molecule has 18 heavy (non-hydrogen) atoms. The first-order valence-corrected chi connectivity index (χ1v) is 7.98. The maximum absolute atomic E-state index is 11.9. The molecule has 3 N–H and O–H groups in total. The van der Waals surface area contributed by atoms with Gasteiger partial charge in [-0.25, -0.2) is 17.9 Å². The molecule has 100 valence electrons. The van der Waals surface area contributed by atoms with Crippen LogP contribution in [0.1, 0.15) is 16.8 Å². The summed E-state index contributed by atoms with van der Waals surface area (Å²) in [6.07, 6.45) is 1.96. The summed E-state index contributed by atoms with van der Waals surface area (Å²) in [6.45, 7) is 0.327. The number of nitrogens with zero attached hydrogens (tertiary/aromatic N) is 1. The summed E-state index contributed by atoms with van der Waals surface area (Å²) in [4.78, 5) is 10.8. The number of carboxylic acids is 1. The van der Waals surface area contributed by atoms with Gasteiger partial charge in [0, 0.05) is 6.54 Å². The van der Waals surface area contributed by atoms with Crippen LogP contribution in [0.5, 0.6) is 0 Å². The Morgan fingerprint density at radius 1 is 1.67 bits per heavy atom. The minimum atomic E-state index is -3.84. The van der Waals surface area contributed by atoms with Crippen LogP contribution >= 0.6 is 11.8 Å². The van der Waals surface area contributed by atoms with E-state index < -0.39 is 16.0 Å². The van der Waals surface area contributed by atoms with E-state index in [-0.39, 0.29) is 10.6 Å². The largest absolute Gasteiger partial charge is 0.478 e. The van der Waals surface area contributed by atoms with Gasteiger partial charge in [-0.05, 0) is 23.8 Å². The van der Waals surface area contributed by atoms with Gasteiger partial charge in [-0.3, -0.25) is 5.10 Å². The molecule has 0 aliphatic carbocycles. The average molecular weight is 291 g/mol. The van der Waals surface area contributed by atoms with Crippen molar-refractivity contribution in [2.45, 2.75) is 11.4 Å². The Labute approximate surface area is 108 Å². The molecule has 1 aromatic heterocycles. The molecule has 1 aliphatic heterocycles. The second-order valence-electron chi connectivity index (χ2n) is 4.00. The summed E-state index contributed by atoms with van der Waals surface area (Å²) in [5.74, 6) is 0.954. The smallest absolute Gasteiger partial charge is 0.340 e. The topological polar surface area (TPSA) is 112 Å². The number of thioether (sulfide) groups is 1. The molecule has 1 atom stereocenters. The zero-order valence-corrected chi connectivity index (χ0v) is 11.1. The predicted octanol–water partition coefficient (Wildman–Crippen LogP) is 0.139. The summed E-state index contributed by atoms with van der Waals surface area (Å²) >= 11 is 1.79. The molecule has 2 heterocycles. The second kappa shape index (κ2) is 5.29. The Kier molecular flexibility index (Phi) is 3.93. The highest BCUT2D eigenvalue weighted by atomic mass is 32.2. The quantitative estimate of drug-likeness (QED) is 0.711. The van der Waals surface area contributed by atoms with Crippen molar-refractivity contribution in [2.24, 2.45) is 5.92 Å². The highest BCUT2D eigenvalue weighted by Gasteiger charge is 2.26. The Hall–Kier alpha value is -1.06. The van der Waals surface area contributed by atoms with Gasteiger partial charge >= 0.3 is 5.97 Å². The first-order valence-electron chi connectivity index (χ1n) is 5.35. The van der Waals surface area contributed by atoms with Gasteiger partial charge in [-0.15, -0.1) is 0 Å². The van der Waals surface area contributed by atoms with E-state index in [4.69, 9.17) is 5.11 Å². The number of sulfonamides is 1. The third-order valence-corrected chi connectivity index (χ3v) is 5.32. The fourth-order valence-corrected chi connectivity index (χ4v) is 4.16. The van der Waals surface area contributed by atoms with Crippen molar-refractivity contribution in [3.05, 3.63) is 11.8 Å². The Balaban J connectivity index is 2.09. The SMILES string of the molecule is O=C(O)c1cn[nH]c1S(=O)(=O)NCC1CCSC1. The number of nitrogens with one attached hydrogen (secondary N) is 2. The highest BCUT2D eigenvalue weighted by molar-refractivity contribution is 7.99. The van der Waals surface area contributed by atoms with Gasteiger partial charge in [0.2, 0.25) is 0 Å². The molecule has 9 heteroatoms. The summed E-state index contributed by atoms with van der Waals surface area (Å²) in [6, 6.07) is 0. The standard InChI is InChI=1S/C9H13N3O4S2/c13-9(14)7-4-10-12-8(7)18(15,16)11-3-6-1-2-17-5-6/h4,6,11H,1-3,5H2,(H,10,12)(H,13,14). The summed E-state index contributed by atoms with van der Waals surface area (Å²) < 4.78 is 26.3. The number of rotatable bonds is 5. The molecule has 0 saturated carbocycles. The van der Waals surface area contributed by atoms with E-state index in [1.165, 1.54) is 0 Å². The Morgan fingerprint density at radius 2 is 2.44 bits per heavy atom. The van der Waals surface area contributed by atoms with Crippen LogP contribution in [0.15, 0.2) is 11.2 Å². The zero-order chi connectivity index (χ0) is 13.2. The van der Waals surface area contributed by atoms with Gasteiger partial charge in [0.1, 0.15) is 5.56 Å². The molecule has 1 saturated heterocycles. The first-order chi connectivity index (χ1) is 8.50. The normalized spacial score (nSPS) is 20.1. The molecule has 0 aromatic carbocycles. The maximum Gasteiger partial charge on any atom is 0.340 e. The van der Waals surface area contributed by atoms with Crippen molar-refractivity contribution in [1.82, 2.24) is 14.9 Å². The summed E-state index contributed by atoms with van der Waals surface area (Å²) in [5.41, 5.74) is -0.344. The van der Waals surface area contributed by atoms with Crippen LogP contribution in [0.3, 0.4) is 0 Å². The molecule has 7 nitrogen and oxygen atoms in total. The van der Waals surface area contributed by atoms with Crippen LogP contribution in [0.4, 0.5) is 0 Å². The van der Waals surface area contributed by atoms with Crippen LogP contribution in [0, 0.1) is 5.92 Å². The minimum Gasteiger partial charge on any atom is -0.478 e. The lowest BCUT2D eigenvalue weighted by Gasteiger charge is -2.09. The van der Waals surface area contributed by atoms with Crippen LogP contribution in [0.2, 0.25) is 0 Å². The molecule has 2 rings (SSSR count).